The number of hydrogen-bond donors (Lipinski definition) is 0. The van der Waals surface area contributed by atoms with E-state index in [0.717, 1.165) is 42.6 Å². The molecule has 1 aliphatic heterocycles. The molecule has 0 N–H and O–H groups in total. The zero-order chi connectivity index (χ0) is 24.4. The van der Waals surface area contributed by atoms with Crippen LogP contribution in [0, 0.1) is 13.8 Å². The molecule has 3 fully saturated rings. The molecule has 5 nitrogen and oxygen atoms in total. The predicted molar refractivity (Wildman–Crippen MR) is 143 cm³/mol. The summed E-state index contributed by atoms with van der Waals surface area (Å²) in [5, 5.41) is 0. The van der Waals surface area contributed by atoms with Crippen molar-refractivity contribution in [3.8, 4) is 0 Å². The van der Waals surface area contributed by atoms with Crippen molar-refractivity contribution in [2.75, 3.05) is 0 Å². The minimum Gasteiger partial charge on any atom is -0.313 e. The molecule has 5 rings (SSSR count). The van der Waals surface area contributed by atoms with Gasteiger partial charge in [0.25, 0.3) is 10.0 Å². The standard InChI is InChI=1S/C29H37N3O2S/c1-21-13-17-23(18-14-21)27-28(30-24-9-5-3-6-10-24)32(25-11-7-4-8-12-25)29(27)31-35(33,34)26-19-15-22(2)16-20-26/h13-20,24-25,27H,3-12H2,1-2H3/b30-28?,31-29+. The van der Waals surface area contributed by atoms with Crippen LogP contribution in [-0.4, -0.2) is 37.1 Å². The van der Waals surface area contributed by atoms with Crippen molar-refractivity contribution >= 4 is 21.7 Å². The monoisotopic (exact) mass is 491 g/mol. The van der Waals surface area contributed by atoms with Crippen LogP contribution in [0.15, 0.2) is 62.8 Å². The van der Waals surface area contributed by atoms with E-state index < -0.39 is 10.0 Å². The summed E-state index contributed by atoms with van der Waals surface area (Å²) >= 11 is 0. The largest absolute Gasteiger partial charge is 0.313 e. The summed E-state index contributed by atoms with van der Waals surface area (Å²) in [4.78, 5) is 7.77. The van der Waals surface area contributed by atoms with Crippen molar-refractivity contribution in [3.05, 3.63) is 65.2 Å². The zero-order valence-electron chi connectivity index (χ0n) is 21.0. The number of aliphatic imine (C=N–C) groups is 1. The highest BCUT2D eigenvalue weighted by Crippen LogP contribution is 2.40. The molecule has 2 saturated carbocycles. The van der Waals surface area contributed by atoms with E-state index in [0.29, 0.717) is 11.9 Å². The second-order valence-electron chi connectivity index (χ2n) is 10.5. The van der Waals surface area contributed by atoms with Gasteiger partial charge in [-0.3, -0.25) is 4.99 Å². The van der Waals surface area contributed by atoms with Gasteiger partial charge in [0.05, 0.1) is 10.9 Å². The van der Waals surface area contributed by atoms with Crippen LogP contribution in [-0.2, 0) is 10.0 Å². The Labute approximate surface area is 210 Å². The molecule has 0 spiro atoms. The fourth-order valence-corrected chi connectivity index (χ4v) is 6.76. The summed E-state index contributed by atoms with van der Waals surface area (Å²) in [5.41, 5.74) is 3.30. The average Bonchev–Trinajstić information content (AvgIpc) is 2.86. The van der Waals surface area contributed by atoms with Gasteiger partial charge in [-0.25, -0.2) is 0 Å². The third kappa shape index (κ3) is 5.23. The first-order chi connectivity index (χ1) is 16.9. The van der Waals surface area contributed by atoms with E-state index in [1.54, 1.807) is 12.1 Å². The molecule has 186 valence electrons. The number of amidine groups is 2. The lowest BCUT2D eigenvalue weighted by atomic mass is 9.82. The van der Waals surface area contributed by atoms with E-state index >= 15 is 0 Å². The molecule has 6 heteroatoms. The van der Waals surface area contributed by atoms with Crippen LogP contribution in [0.25, 0.3) is 0 Å². The summed E-state index contributed by atoms with van der Waals surface area (Å²) in [6, 6.07) is 16.0. The molecule has 3 aliphatic rings. The minimum absolute atomic E-state index is 0.195. The van der Waals surface area contributed by atoms with E-state index in [9.17, 15) is 8.42 Å². The van der Waals surface area contributed by atoms with Crippen molar-refractivity contribution in [1.82, 2.24) is 4.90 Å². The Hall–Kier alpha value is -2.47. The Bertz CT molecular complexity index is 1190. The highest BCUT2D eigenvalue weighted by atomic mass is 32.2. The SMILES string of the molecule is Cc1ccc(C2C(=NC3CCCCC3)N(C3CCCCC3)/C2=N/S(=O)(=O)c2ccc(C)cc2)cc1. The molecule has 2 aliphatic carbocycles. The summed E-state index contributed by atoms with van der Waals surface area (Å²) < 4.78 is 31.4. The second-order valence-corrected chi connectivity index (χ2v) is 12.1. The average molecular weight is 492 g/mol. The third-order valence-electron chi connectivity index (χ3n) is 7.78. The van der Waals surface area contributed by atoms with Gasteiger partial charge < -0.3 is 4.90 Å². The maximum absolute atomic E-state index is 13.4. The molecule has 0 radical (unpaired) electrons. The van der Waals surface area contributed by atoms with Gasteiger partial charge in [0.1, 0.15) is 17.6 Å². The Morgan fingerprint density at radius 3 is 1.86 bits per heavy atom. The molecule has 0 aromatic heterocycles. The first kappa shape index (κ1) is 24.2. The lowest BCUT2D eigenvalue weighted by Gasteiger charge is -2.49. The highest BCUT2D eigenvalue weighted by Gasteiger charge is 2.48. The smallest absolute Gasteiger partial charge is 0.283 e. The van der Waals surface area contributed by atoms with Crippen molar-refractivity contribution in [3.63, 3.8) is 0 Å². The number of aryl methyl sites for hydroxylation is 2. The summed E-state index contributed by atoms with van der Waals surface area (Å²) in [7, 11) is -3.82. The number of likely N-dealkylation sites (tertiary alicyclic amines) is 1. The number of rotatable bonds is 5. The van der Waals surface area contributed by atoms with Crippen LogP contribution in [0.2, 0.25) is 0 Å². The molecular formula is C29H37N3O2S. The topological polar surface area (TPSA) is 62.1 Å². The minimum atomic E-state index is -3.82. The fourth-order valence-electron chi connectivity index (χ4n) is 5.73. The first-order valence-corrected chi connectivity index (χ1v) is 14.7. The van der Waals surface area contributed by atoms with Gasteiger partial charge in [0.15, 0.2) is 0 Å². The second kappa shape index (κ2) is 10.3. The number of sulfonamides is 1. The maximum atomic E-state index is 13.4. The Morgan fingerprint density at radius 1 is 0.714 bits per heavy atom. The Kier molecular flexibility index (Phi) is 7.10. The molecule has 35 heavy (non-hydrogen) atoms. The molecule has 2 aromatic carbocycles. The molecule has 1 heterocycles. The number of hydrogen-bond acceptors (Lipinski definition) is 3. The summed E-state index contributed by atoms with van der Waals surface area (Å²) in [5.74, 6) is 1.49. The van der Waals surface area contributed by atoms with Crippen LogP contribution < -0.4 is 0 Å². The quantitative estimate of drug-likeness (QED) is 0.476. The normalized spacial score (nSPS) is 24.6. The molecule has 2 aromatic rings. The van der Waals surface area contributed by atoms with Crippen LogP contribution in [0.4, 0.5) is 0 Å². The van der Waals surface area contributed by atoms with Gasteiger partial charge in [-0.05, 0) is 57.2 Å². The highest BCUT2D eigenvalue weighted by molar-refractivity contribution is 7.90. The molecular weight excluding hydrogens is 454 g/mol. The zero-order valence-corrected chi connectivity index (χ0v) is 21.8. The van der Waals surface area contributed by atoms with Crippen molar-refractivity contribution in [1.29, 1.82) is 0 Å². The van der Waals surface area contributed by atoms with E-state index in [-0.39, 0.29) is 16.9 Å². The van der Waals surface area contributed by atoms with Crippen LogP contribution in [0.3, 0.4) is 0 Å². The lowest BCUT2D eigenvalue weighted by Crippen LogP contribution is -2.61. The van der Waals surface area contributed by atoms with Crippen LogP contribution in [0.1, 0.15) is 86.8 Å². The van der Waals surface area contributed by atoms with Crippen molar-refractivity contribution in [2.24, 2.45) is 9.39 Å². The van der Waals surface area contributed by atoms with Crippen molar-refractivity contribution < 1.29 is 8.42 Å². The fraction of sp³-hybridized carbons (Fsp3) is 0.517. The maximum Gasteiger partial charge on any atom is 0.283 e. The van der Waals surface area contributed by atoms with Gasteiger partial charge in [0.2, 0.25) is 0 Å². The van der Waals surface area contributed by atoms with Gasteiger partial charge in [-0.1, -0.05) is 86.1 Å². The molecule has 1 atom stereocenters. The third-order valence-corrected chi connectivity index (χ3v) is 9.08. The van der Waals surface area contributed by atoms with Crippen molar-refractivity contribution in [2.45, 2.75) is 101 Å². The van der Waals surface area contributed by atoms with Crippen LogP contribution >= 0.6 is 0 Å². The number of nitrogens with zero attached hydrogens (tertiary/aromatic N) is 3. The summed E-state index contributed by atoms with van der Waals surface area (Å²) in [6.45, 7) is 4.03. The van der Waals surface area contributed by atoms with E-state index in [1.807, 2.05) is 19.1 Å². The molecule has 0 amide bonds. The van der Waals surface area contributed by atoms with Gasteiger partial charge in [-0.2, -0.15) is 8.42 Å². The van der Waals surface area contributed by atoms with E-state index in [2.05, 4.69) is 40.5 Å². The van der Waals surface area contributed by atoms with Gasteiger partial charge >= 0.3 is 0 Å². The van der Waals surface area contributed by atoms with E-state index in [1.165, 1.54) is 44.1 Å². The number of benzene rings is 2. The van der Waals surface area contributed by atoms with Gasteiger partial charge in [-0.15, -0.1) is 4.40 Å². The molecule has 1 saturated heterocycles. The molecule has 1 unspecified atom stereocenters. The molecule has 0 bridgehead atoms. The predicted octanol–water partition coefficient (Wildman–Crippen LogP) is 6.55. The van der Waals surface area contributed by atoms with Crippen LogP contribution in [0.5, 0.6) is 0 Å². The van der Waals surface area contributed by atoms with E-state index in [4.69, 9.17) is 4.99 Å². The lowest BCUT2D eigenvalue weighted by molar-refractivity contribution is 0.293. The Morgan fingerprint density at radius 2 is 1.26 bits per heavy atom. The Balaban J connectivity index is 1.60. The first-order valence-electron chi connectivity index (χ1n) is 13.3. The van der Waals surface area contributed by atoms with Gasteiger partial charge in [0, 0.05) is 6.04 Å². The summed E-state index contributed by atoms with van der Waals surface area (Å²) in [6.07, 6.45) is 11.7.